The molecule has 1 atom stereocenters. The molecule has 0 bridgehead atoms. The number of aromatic nitrogens is 2. The average molecular weight is 406 g/mol. The molecule has 1 aliphatic heterocycles. The van der Waals surface area contributed by atoms with Crippen molar-refractivity contribution in [2.24, 2.45) is 0 Å². The van der Waals surface area contributed by atoms with Crippen LogP contribution in [0.2, 0.25) is 0 Å². The average Bonchev–Trinajstić information content (AvgIpc) is 2.93. The van der Waals surface area contributed by atoms with Gasteiger partial charge < -0.3 is 9.30 Å². The van der Waals surface area contributed by atoms with E-state index >= 15 is 0 Å². The van der Waals surface area contributed by atoms with Crippen molar-refractivity contribution < 1.29 is 4.74 Å². The van der Waals surface area contributed by atoms with Crippen LogP contribution < -0.4 is 4.74 Å². The first-order valence-electron chi connectivity index (χ1n) is 11.6. The standard InChI is InChI=1S/C26H35N3O/c1-21-13-5-8-16-25(21)30-20-12-11-19-29-24-15-7-6-14-23(24)27-26(29)22(2)28-17-9-3-4-10-18-28/h5-8,13-16,22H,3-4,9-12,17-20H2,1-2H3. The number of rotatable bonds is 8. The Balaban J connectivity index is 1.43. The van der Waals surface area contributed by atoms with E-state index in [-0.39, 0.29) is 0 Å². The second-order valence-electron chi connectivity index (χ2n) is 8.56. The summed E-state index contributed by atoms with van der Waals surface area (Å²) < 4.78 is 8.45. The predicted molar refractivity (Wildman–Crippen MR) is 124 cm³/mol. The summed E-state index contributed by atoms with van der Waals surface area (Å²) in [5.41, 5.74) is 3.57. The molecule has 0 saturated carbocycles. The Morgan fingerprint density at radius 3 is 2.47 bits per heavy atom. The maximum Gasteiger partial charge on any atom is 0.127 e. The molecule has 1 unspecified atom stereocenters. The molecule has 4 heteroatoms. The summed E-state index contributed by atoms with van der Waals surface area (Å²) in [6.45, 7) is 8.57. The quantitative estimate of drug-likeness (QED) is 0.422. The van der Waals surface area contributed by atoms with Crippen molar-refractivity contribution in [3.63, 3.8) is 0 Å². The maximum absolute atomic E-state index is 6.00. The van der Waals surface area contributed by atoms with E-state index in [0.29, 0.717) is 6.04 Å². The lowest BCUT2D eigenvalue weighted by Crippen LogP contribution is -2.30. The largest absolute Gasteiger partial charge is 0.493 e. The van der Waals surface area contributed by atoms with Gasteiger partial charge in [-0.05, 0) is 76.4 Å². The van der Waals surface area contributed by atoms with E-state index in [1.807, 2.05) is 6.07 Å². The normalized spacial score (nSPS) is 16.5. The van der Waals surface area contributed by atoms with Crippen LogP contribution in [0.1, 0.15) is 62.9 Å². The topological polar surface area (TPSA) is 30.3 Å². The molecule has 0 aliphatic carbocycles. The highest BCUT2D eigenvalue weighted by atomic mass is 16.5. The van der Waals surface area contributed by atoms with Gasteiger partial charge in [0.2, 0.25) is 0 Å². The third-order valence-corrected chi connectivity index (χ3v) is 6.37. The van der Waals surface area contributed by atoms with Crippen LogP contribution in [-0.4, -0.2) is 34.1 Å². The van der Waals surface area contributed by atoms with Crippen LogP contribution in [0.5, 0.6) is 5.75 Å². The molecule has 0 radical (unpaired) electrons. The first-order chi connectivity index (χ1) is 14.7. The summed E-state index contributed by atoms with van der Waals surface area (Å²) in [4.78, 5) is 7.70. The van der Waals surface area contributed by atoms with Crippen LogP contribution in [0.4, 0.5) is 0 Å². The van der Waals surface area contributed by atoms with Crippen LogP contribution in [0, 0.1) is 6.92 Å². The van der Waals surface area contributed by atoms with E-state index < -0.39 is 0 Å². The van der Waals surface area contributed by atoms with Gasteiger partial charge in [0.15, 0.2) is 0 Å². The Kier molecular flexibility index (Phi) is 7.06. The number of unbranched alkanes of at least 4 members (excludes halogenated alkanes) is 1. The number of likely N-dealkylation sites (tertiary alicyclic amines) is 1. The van der Waals surface area contributed by atoms with Crippen LogP contribution >= 0.6 is 0 Å². The van der Waals surface area contributed by atoms with E-state index in [1.165, 1.54) is 55.7 Å². The molecule has 2 aromatic carbocycles. The van der Waals surface area contributed by atoms with Crippen molar-refractivity contribution in [2.45, 2.75) is 65.0 Å². The van der Waals surface area contributed by atoms with Crippen molar-refractivity contribution in [2.75, 3.05) is 19.7 Å². The van der Waals surface area contributed by atoms with E-state index in [0.717, 1.165) is 37.3 Å². The first kappa shape index (κ1) is 20.9. The van der Waals surface area contributed by atoms with Gasteiger partial charge in [-0.2, -0.15) is 0 Å². The molecule has 0 N–H and O–H groups in total. The Bertz CT molecular complexity index is 940. The summed E-state index contributed by atoms with van der Waals surface area (Å²) in [5, 5.41) is 0. The summed E-state index contributed by atoms with van der Waals surface area (Å²) in [7, 11) is 0. The minimum Gasteiger partial charge on any atom is -0.493 e. The van der Waals surface area contributed by atoms with Gasteiger partial charge >= 0.3 is 0 Å². The lowest BCUT2D eigenvalue weighted by Gasteiger charge is -2.27. The van der Waals surface area contributed by atoms with Crippen molar-refractivity contribution in [1.82, 2.24) is 14.5 Å². The number of benzene rings is 2. The lowest BCUT2D eigenvalue weighted by atomic mass is 10.2. The number of ether oxygens (including phenoxy) is 1. The summed E-state index contributed by atoms with van der Waals surface area (Å²) in [6, 6.07) is 17.2. The summed E-state index contributed by atoms with van der Waals surface area (Å²) in [6.07, 6.45) is 7.47. The van der Waals surface area contributed by atoms with Gasteiger partial charge in [0, 0.05) is 6.54 Å². The minimum absolute atomic E-state index is 0.360. The Hall–Kier alpha value is -2.33. The zero-order valence-electron chi connectivity index (χ0n) is 18.5. The number of imidazole rings is 1. The van der Waals surface area contributed by atoms with Crippen LogP contribution in [-0.2, 0) is 6.54 Å². The minimum atomic E-state index is 0.360. The first-order valence-corrected chi connectivity index (χ1v) is 11.6. The van der Waals surface area contributed by atoms with Crippen molar-refractivity contribution in [3.05, 3.63) is 59.9 Å². The number of hydrogen-bond donors (Lipinski definition) is 0. The third-order valence-electron chi connectivity index (χ3n) is 6.37. The van der Waals surface area contributed by atoms with Crippen molar-refractivity contribution in [1.29, 1.82) is 0 Å². The van der Waals surface area contributed by atoms with Crippen LogP contribution in [0.25, 0.3) is 11.0 Å². The fourth-order valence-electron chi connectivity index (χ4n) is 4.57. The van der Waals surface area contributed by atoms with Crippen molar-refractivity contribution >= 4 is 11.0 Å². The maximum atomic E-state index is 6.00. The van der Waals surface area contributed by atoms with E-state index in [1.54, 1.807) is 0 Å². The predicted octanol–water partition coefficient (Wildman–Crippen LogP) is 6.14. The summed E-state index contributed by atoms with van der Waals surface area (Å²) >= 11 is 0. The van der Waals surface area contributed by atoms with Crippen LogP contribution in [0.15, 0.2) is 48.5 Å². The molecule has 1 saturated heterocycles. The van der Waals surface area contributed by atoms with E-state index in [9.17, 15) is 0 Å². The molecule has 1 aromatic heterocycles. The number of nitrogens with zero attached hydrogens (tertiary/aromatic N) is 3. The lowest BCUT2D eigenvalue weighted by molar-refractivity contribution is 0.207. The highest BCUT2D eigenvalue weighted by Gasteiger charge is 2.23. The Morgan fingerprint density at radius 2 is 1.67 bits per heavy atom. The molecule has 0 spiro atoms. The van der Waals surface area contributed by atoms with Gasteiger partial charge in [-0.25, -0.2) is 4.98 Å². The molecular formula is C26H35N3O. The molecule has 3 aromatic rings. The van der Waals surface area contributed by atoms with Gasteiger partial charge in [-0.1, -0.05) is 43.2 Å². The van der Waals surface area contributed by atoms with E-state index in [4.69, 9.17) is 9.72 Å². The van der Waals surface area contributed by atoms with E-state index in [2.05, 4.69) is 65.8 Å². The molecule has 4 rings (SSSR count). The molecule has 4 nitrogen and oxygen atoms in total. The zero-order chi connectivity index (χ0) is 20.8. The fourth-order valence-corrected chi connectivity index (χ4v) is 4.57. The van der Waals surface area contributed by atoms with Gasteiger partial charge in [-0.15, -0.1) is 0 Å². The smallest absolute Gasteiger partial charge is 0.127 e. The number of aryl methyl sites for hydroxylation is 2. The van der Waals surface area contributed by atoms with Crippen molar-refractivity contribution in [3.8, 4) is 5.75 Å². The Labute approximate surface area is 180 Å². The molecule has 1 fully saturated rings. The Morgan fingerprint density at radius 1 is 0.933 bits per heavy atom. The monoisotopic (exact) mass is 405 g/mol. The molecule has 160 valence electrons. The molecule has 1 aliphatic rings. The highest BCUT2D eigenvalue weighted by molar-refractivity contribution is 5.76. The number of hydrogen-bond acceptors (Lipinski definition) is 3. The fraction of sp³-hybridized carbons (Fsp3) is 0.500. The SMILES string of the molecule is Cc1ccccc1OCCCCn1c(C(C)N2CCCCCC2)nc2ccccc21. The molecule has 0 amide bonds. The number of para-hydroxylation sites is 3. The van der Waals surface area contributed by atoms with Crippen LogP contribution in [0.3, 0.4) is 0 Å². The molecular weight excluding hydrogens is 370 g/mol. The summed E-state index contributed by atoms with van der Waals surface area (Å²) in [5.74, 6) is 2.22. The highest BCUT2D eigenvalue weighted by Crippen LogP contribution is 2.27. The van der Waals surface area contributed by atoms with Gasteiger partial charge in [0.05, 0.1) is 23.7 Å². The van der Waals surface area contributed by atoms with Gasteiger partial charge in [0.25, 0.3) is 0 Å². The second-order valence-corrected chi connectivity index (χ2v) is 8.56. The third kappa shape index (κ3) is 4.86. The van der Waals surface area contributed by atoms with Gasteiger partial charge in [0.1, 0.15) is 11.6 Å². The molecule has 30 heavy (non-hydrogen) atoms. The number of fused-ring (bicyclic) bond motifs is 1. The van der Waals surface area contributed by atoms with Gasteiger partial charge in [-0.3, -0.25) is 4.90 Å². The zero-order valence-corrected chi connectivity index (χ0v) is 18.5. The second kappa shape index (κ2) is 10.1. The molecule has 2 heterocycles.